The molecule has 4 nitrogen and oxygen atoms in total. The van der Waals surface area contributed by atoms with Crippen LogP contribution in [0.1, 0.15) is 37.0 Å². The van der Waals surface area contributed by atoms with E-state index in [1.54, 1.807) is 0 Å². The van der Waals surface area contributed by atoms with E-state index in [1.165, 1.54) is 0 Å². The number of aromatic nitrogens is 2. The lowest BCUT2D eigenvalue weighted by Gasteiger charge is -2.18. The fraction of sp³-hybridized carbons (Fsp3) is 0.467. The molecule has 1 heterocycles. The van der Waals surface area contributed by atoms with Gasteiger partial charge in [-0.15, -0.1) is 0 Å². The Bertz CT molecular complexity index is 597. The van der Waals surface area contributed by atoms with Crippen LogP contribution in [-0.2, 0) is 13.5 Å². The Kier molecular flexibility index (Phi) is 3.88. The number of fused-ring (bicyclic) bond motifs is 1. The summed E-state index contributed by atoms with van der Waals surface area (Å²) in [6.45, 7) is 7.54. The van der Waals surface area contributed by atoms with Gasteiger partial charge in [-0.05, 0) is 32.0 Å². The van der Waals surface area contributed by atoms with Crippen LogP contribution in [-0.4, -0.2) is 33.4 Å². The molecule has 0 fully saturated rings. The molecule has 0 spiro atoms. The standard InChI is InChI=1S/C15H21N3O/c1-5-14-16-12-10-11(8-9-13(12)17(14)4)15(19)18(6-2)7-3/h8-10H,5-7H2,1-4H3. The molecule has 2 aromatic rings. The molecule has 0 bridgehead atoms. The van der Waals surface area contributed by atoms with Gasteiger partial charge in [-0.3, -0.25) is 4.79 Å². The molecular formula is C15H21N3O. The van der Waals surface area contributed by atoms with Crippen molar-refractivity contribution in [1.82, 2.24) is 14.5 Å². The molecule has 102 valence electrons. The maximum absolute atomic E-state index is 12.3. The van der Waals surface area contributed by atoms with Crippen molar-refractivity contribution in [3.05, 3.63) is 29.6 Å². The topological polar surface area (TPSA) is 38.1 Å². The van der Waals surface area contributed by atoms with Crippen LogP contribution in [0.3, 0.4) is 0 Å². The fourth-order valence-electron chi connectivity index (χ4n) is 2.39. The maximum Gasteiger partial charge on any atom is 0.253 e. The van der Waals surface area contributed by atoms with Crippen LogP contribution in [0, 0.1) is 0 Å². The Morgan fingerprint density at radius 2 is 1.95 bits per heavy atom. The normalized spacial score (nSPS) is 10.9. The molecule has 0 aliphatic rings. The van der Waals surface area contributed by atoms with Crippen LogP contribution in [0.15, 0.2) is 18.2 Å². The van der Waals surface area contributed by atoms with Gasteiger partial charge in [0.25, 0.3) is 5.91 Å². The zero-order valence-electron chi connectivity index (χ0n) is 12.1. The molecule has 0 saturated carbocycles. The summed E-state index contributed by atoms with van der Waals surface area (Å²) in [5.41, 5.74) is 2.70. The summed E-state index contributed by atoms with van der Waals surface area (Å²) < 4.78 is 2.08. The third kappa shape index (κ3) is 2.35. The molecule has 1 amide bonds. The Morgan fingerprint density at radius 3 is 2.53 bits per heavy atom. The highest BCUT2D eigenvalue weighted by Crippen LogP contribution is 2.18. The molecule has 0 saturated heterocycles. The molecule has 0 N–H and O–H groups in total. The van der Waals surface area contributed by atoms with Crippen molar-refractivity contribution in [1.29, 1.82) is 0 Å². The summed E-state index contributed by atoms with van der Waals surface area (Å²) in [5.74, 6) is 1.12. The second-order valence-electron chi connectivity index (χ2n) is 4.62. The van der Waals surface area contributed by atoms with Gasteiger partial charge in [0.1, 0.15) is 5.82 Å². The molecule has 19 heavy (non-hydrogen) atoms. The van der Waals surface area contributed by atoms with Crippen LogP contribution >= 0.6 is 0 Å². The van der Waals surface area contributed by atoms with Crippen molar-refractivity contribution in [3.8, 4) is 0 Å². The molecule has 0 aliphatic carbocycles. The van der Waals surface area contributed by atoms with E-state index in [-0.39, 0.29) is 5.91 Å². The van der Waals surface area contributed by atoms with Crippen molar-refractivity contribution in [3.63, 3.8) is 0 Å². The van der Waals surface area contributed by atoms with Gasteiger partial charge in [0.05, 0.1) is 11.0 Å². The lowest BCUT2D eigenvalue weighted by Crippen LogP contribution is -2.30. The van der Waals surface area contributed by atoms with E-state index in [2.05, 4.69) is 16.5 Å². The average Bonchev–Trinajstić information content (AvgIpc) is 2.76. The third-order valence-corrected chi connectivity index (χ3v) is 3.59. The van der Waals surface area contributed by atoms with E-state index >= 15 is 0 Å². The van der Waals surface area contributed by atoms with Gasteiger partial charge >= 0.3 is 0 Å². The summed E-state index contributed by atoms with van der Waals surface area (Å²) in [4.78, 5) is 18.7. The van der Waals surface area contributed by atoms with Gasteiger partial charge in [0.15, 0.2) is 0 Å². The monoisotopic (exact) mass is 259 g/mol. The van der Waals surface area contributed by atoms with E-state index in [4.69, 9.17) is 0 Å². The van der Waals surface area contributed by atoms with Crippen LogP contribution < -0.4 is 0 Å². The van der Waals surface area contributed by atoms with Crippen molar-refractivity contribution in [2.75, 3.05) is 13.1 Å². The number of hydrogen-bond acceptors (Lipinski definition) is 2. The highest BCUT2D eigenvalue weighted by Gasteiger charge is 2.14. The first-order chi connectivity index (χ1) is 9.12. The van der Waals surface area contributed by atoms with Gasteiger partial charge in [-0.1, -0.05) is 6.92 Å². The van der Waals surface area contributed by atoms with Crippen molar-refractivity contribution in [2.24, 2.45) is 7.05 Å². The van der Waals surface area contributed by atoms with Gasteiger partial charge in [-0.25, -0.2) is 4.98 Å². The summed E-state index contributed by atoms with van der Waals surface area (Å²) in [7, 11) is 2.01. The second kappa shape index (κ2) is 5.43. The minimum Gasteiger partial charge on any atom is -0.339 e. The maximum atomic E-state index is 12.3. The molecule has 0 aliphatic heterocycles. The van der Waals surface area contributed by atoms with Crippen LogP contribution in [0.4, 0.5) is 0 Å². The van der Waals surface area contributed by atoms with E-state index in [9.17, 15) is 4.79 Å². The quantitative estimate of drug-likeness (QED) is 0.846. The van der Waals surface area contributed by atoms with Gasteiger partial charge < -0.3 is 9.47 Å². The number of carbonyl (C=O) groups excluding carboxylic acids is 1. The zero-order chi connectivity index (χ0) is 14.0. The fourth-order valence-corrected chi connectivity index (χ4v) is 2.39. The third-order valence-electron chi connectivity index (χ3n) is 3.59. The molecule has 0 unspecified atom stereocenters. The van der Waals surface area contributed by atoms with Crippen molar-refractivity contribution < 1.29 is 4.79 Å². The lowest BCUT2D eigenvalue weighted by atomic mass is 10.1. The first-order valence-electron chi connectivity index (χ1n) is 6.86. The molecule has 1 aromatic carbocycles. The summed E-state index contributed by atoms with van der Waals surface area (Å²) in [6.07, 6.45) is 0.893. The highest BCUT2D eigenvalue weighted by atomic mass is 16.2. The van der Waals surface area contributed by atoms with E-state index < -0.39 is 0 Å². The number of hydrogen-bond donors (Lipinski definition) is 0. The number of carbonyl (C=O) groups is 1. The zero-order valence-corrected chi connectivity index (χ0v) is 12.1. The molecule has 0 atom stereocenters. The smallest absolute Gasteiger partial charge is 0.253 e. The van der Waals surface area contributed by atoms with Crippen LogP contribution in [0.2, 0.25) is 0 Å². The Balaban J connectivity index is 2.44. The second-order valence-corrected chi connectivity index (χ2v) is 4.62. The predicted molar refractivity (Wildman–Crippen MR) is 77.3 cm³/mol. The van der Waals surface area contributed by atoms with Crippen molar-refractivity contribution in [2.45, 2.75) is 27.2 Å². The molecular weight excluding hydrogens is 238 g/mol. The predicted octanol–water partition coefficient (Wildman–Crippen LogP) is 2.62. The van der Waals surface area contributed by atoms with Gasteiger partial charge in [0, 0.05) is 32.1 Å². The van der Waals surface area contributed by atoms with Crippen LogP contribution in [0.25, 0.3) is 11.0 Å². The lowest BCUT2D eigenvalue weighted by molar-refractivity contribution is 0.0773. The number of benzene rings is 1. The average molecular weight is 259 g/mol. The molecule has 0 radical (unpaired) electrons. The number of nitrogens with zero attached hydrogens (tertiary/aromatic N) is 3. The highest BCUT2D eigenvalue weighted by molar-refractivity contribution is 5.97. The van der Waals surface area contributed by atoms with Crippen molar-refractivity contribution >= 4 is 16.9 Å². The van der Waals surface area contributed by atoms with Crippen LogP contribution in [0.5, 0.6) is 0 Å². The van der Waals surface area contributed by atoms with Gasteiger partial charge in [-0.2, -0.15) is 0 Å². The first-order valence-corrected chi connectivity index (χ1v) is 6.86. The largest absolute Gasteiger partial charge is 0.339 e. The molecule has 4 heteroatoms. The summed E-state index contributed by atoms with van der Waals surface area (Å²) in [6, 6.07) is 5.78. The Morgan fingerprint density at radius 1 is 1.26 bits per heavy atom. The van der Waals surface area contributed by atoms with E-state index in [0.29, 0.717) is 0 Å². The SMILES string of the molecule is CCc1nc2cc(C(=O)N(CC)CC)ccc2n1C. The minimum atomic E-state index is 0.0793. The molecule has 2 rings (SSSR count). The van der Waals surface area contributed by atoms with E-state index in [1.807, 2.05) is 44.0 Å². The summed E-state index contributed by atoms with van der Waals surface area (Å²) in [5, 5.41) is 0. The van der Waals surface area contributed by atoms with Gasteiger partial charge in [0.2, 0.25) is 0 Å². The number of imidazole rings is 1. The Labute approximate surface area is 114 Å². The molecule has 1 aromatic heterocycles. The number of rotatable bonds is 4. The minimum absolute atomic E-state index is 0.0793. The number of aryl methyl sites for hydroxylation is 2. The first kappa shape index (κ1) is 13.6. The Hall–Kier alpha value is -1.84. The summed E-state index contributed by atoms with van der Waals surface area (Å²) >= 11 is 0. The van der Waals surface area contributed by atoms with E-state index in [0.717, 1.165) is 41.9 Å². The number of amides is 1.